The smallest absolute Gasteiger partial charge is 0.323 e. The highest BCUT2D eigenvalue weighted by molar-refractivity contribution is 5.78. The quantitative estimate of drug-likeness (QED) is 0.767. The molecule has 1 rings (SSSR count). The van der Waals surface area contributed by atoms with Crippen LogP contribution in [0.2, 0.25) is 0 Å². The number of nitrogens with one attached hydrogen (secondary N) is 1. The van der Waals surface area contributed by atoms with Gasteiger partial charge in [-0.1, -0.05) is 19.1 Å². The van der Waals surface area contributed by atoms with E-state index < -0.39 is 11.5 Å². The van der Waals surface area contributed by atoms with E-state index in [1.807, 2.05) is 13.0 Å². The molecule has 1 aromatic carbocycles. The fourth-order valence-electron chi connectivity index (χ4n) is 2.31. The fourth-order valence-corrected chi connectivity index (χ4v) is 2.31. The molecule has 20 heavy (non-hydrogen) atoms. The van der Waals surface area contributed by atoms with Crippen molar-refractivity contribution < 1.29 is 9.90 Å². The predicted octanol–water partition coefficient (Wildman–Crippen LogP) is 2.66. The maximum atomic E-state index is 11.4. The molecular weight excluding hydrogens is 252 g/mol. The zero-order valence-electron chi connectivity index (χ0n) is 12.9. The average Bonchev–Trinajstić information content (AvgIpc) is 2.39. The lowest BCUT2D eigenvalue weighted by Crippen LogP contribution is -2.51. The lowest BCUT2D eigenvalue weighted by molar-refractivity contribution is -0.144. The summed E-state index contributed by atoms with van der Waals surface area (Å²) in [6.07, 6.45) is 0.567. The summed E-state index contributed by atoms with van der Waals surface area (Å²) in [4.78, 5) is 13.6. The number of aliphatic carboxylic acids is 1. The molecule has 112 valence electrons. The van der Waals surface area contributed by atoms with Gasteiger partial charge in [-0.3, -0.25) is 4.79 Å². The van der Waals surface area contributed by atoms with Crippen molar-refractivity contribution in [1.82, 2.24) is 5.32 Å². The highest BCUT2D eigenvalue weighted by atomic mass is 16.4. The number of carbonyl (C=O) groups is 1. The molecule has 2 N–H and O–H groups in total. The first-order valence-electron chi connectivity index (χ1n) is 7.23. The van der Waals surface area contributed by atoms with Crippen LogP contribution in [0, 0.1) is 6.92 Å². The van der Waals surface area contributed by atoms with Crippen LogP contribution in [0.25, 0.3) is 0 Å². The van der Waals surface area contributed by atoms with Crippen LogP contribution in [-0.2, 0) is 4.79 Å². The monoisotopic (exact) mass is 278 g/mol. The van der Waals surface area contributed by atoms with Crippen molar-refractivity contribution in [1.29, 1.82) is 0 Å². The molecule has 4 nitrogen and oxygen atoms in total. The number of likely N-dealkylation sites (N-methyl/N-ethyl adjacent to an activating group) is 1. The summed E-state index contributed by atoms with van der Waals surface area (Å²) in [7, 11) is 0. The Labute approximate surface area is 121 Å². The summed E-state index contributed by atoms with van der Waals surface area (Å²) in [5, 5.41) is 12.5. The zero-order chi connectivity index (χ0) is 15.2. The Kier molecular flexibility index (Phi) is 6.02. The lowest BCUT2D eigenvalue weighted by Gasteiger charge is -2.30. The summed E-state index contributed by atoms with van der Waals surface area (Å²) in [6.45, 7) is 10.1. The van der Waals surface area contributed by atoms with E-state index in [-0.39, 0.29) is 0 Å². The summed E-state index contributed by atoms with van der Waals surface area (Å²) in [5.41, 5.74) is 1.50. The number of carboxylic acids is 1. The van der Waals surface area contributed by atoms with Crippen LogP contribution >= 0.6 is 0 Å². The second kappa shape index (κ2) is 7.29. The van der Waals surface area contributed by atoms with Crippen molar-refractivity contribution in [3.8, 4) is 0 Å². The number of aryl methyl sites for hydroxylation is 1. The summed E-state index contributed by atoms with van der Waals surface area (Å²) in [5.74, 6) is -0.792. The van der Waals surface area contributed by atoms with Crippen LogP contribution in [-0.4, -0.2) is 36.2 Å². The molecule has 1 unspecified atom stereocenters. The van der Waals surface area contributed by atoms with Gasteiger partial charge in [-0.05, 0) is 51.4 Å². The minimum atomic E-state index is -0.869. The van der Waals surface area contributed by atoms with Crippen LogP contribution in [0.1, 0.15) is 32.8 Å². The summed E-state index contributed by atoms with van der Waals surface area (Å²) >= 11 is 0. The molecule has 0 aromatic heterocycles. The second-order valence-electron chi connectivity index (χ2n) is 5.34. The molecular formula is C16H26N2O2. The lowest BCUT2D eigenvalue weighted by atomic mass is 9.97. The van der Waals surface area contributed by atoms with Crippen molar-refractivity contribution in [3.63, 3.8) is 0 Å². The van der Waals surface area contributed by atoms with Crippen molar-refractivity contribution >= 4 is 11.7 Å². The maximum absolute atomic E-state index is 11.4. The Bertz CT molecular complexity index is 448. The molecule has 0 bridgehead atoms. The summed E-state index contributed by atoms with van der Waals surface area (Å²) in [6, 6.07) is 8.31. The van der Waals surface area contributed by atoms with Gasteiger partial charge in [-0.25, -0.2) is 0 Å². The van der Waals surface area contributed by atoms with Crippen molar-refractivity contribution in [2.45, 2.75) is 39.7 Å². The SMILES string of the molecule is CCNC(C)(CCN(CC)c1cccc(C)c1)C(=O)O. The molecule has 0 amide bonds. The van der Waals surface area contributed by atoms with Crippen LogP contribution < -0.4 is 10.2 Å². The zero-order valence-corrected chi connectivity index (χ0v) is 12.9. The van der Waals surface area contributed by atoms with E-state index in [0.29, 0.717) is 13.0 Å². The molecule has 1 aromatic rings. The number of hydrogen-bond acceptors (Lipinski definition) is 3. The first kappa shape index (κ1) is 16.5. The van der Waals surface area contributed by atoms with Gasteiger partial charge in [-0.15, -0.1) is 0 Å². The van der Waals surface area contributed by atoms with E-state index >= 15 is 0 Å². The normalized spacial score (nSPS) is 13.8. The molecule has 0 heterocycles. The number of rotatable bonds is 8. The van der Waals surface area contributed by atoms with Gasteiger partial charge in [0, 0.05) is 18.8 Å². The van der Waals surface area contributed by atoms with Crippen molar-refractivity contribution in [3.05, 3.63) is 29.8 Å². The van der Waals surface area contributed by atoms with Gasteiger partial charge in [0.2, 0.25) is 0 Å². The van der Waals surface area contributed by atoms with E-state index in [4.69, 9.17) is 0 Å². The van der Waals surface area contributed by atoms with E-state index in [2.05, 4.69) is 42.3 Å². The Hall–Kier alpha value is -1.55. The van der Waals surface area contributed by atoms with Gasteiger partial charge in [0.25, 0.3) is 0 Å². The third-order valence-electron chi connectivity index (χ3n) is 3.67. The topological polar surface area (TPSA) is 52.6 Å². The van der Waals surface area contributed by atoms with Crippen LogP contribution in [0.15, 0.2) is 24.3 Å². The molecule has 0 spiro atoms. The number of hydrogen-bond donors (Lipinski definition) is 2. The van der Waals surface area contributed by atoms with Crippen LogP contribution in [0.3, 0.4) is 0 Å². The molecule has 0 aliphatic heterocycles. The standard InChI is InChI=1S/C16H26N2O2/c1-5-17-16(4,15(19)20)10-11-18(6-2)14-9-7-8-13(3)12-14/h7-9,12,17H,5-6,10-11H2,1-4H3,(H,19,20). The van der Waals surface area contributed by atoms with Gasteiger partial charge < -0.3 is 15.3 Å². The Morgan fingerprint density at radius 3 is 2.60 bits per heavy atom. The molecule has 1 atom stereocenters. The van der Waals surface area contributed by atoms with Gasteiger partial charge in [0.15, 0.2) is 0 Å². The Balaban J connectivity index is 2.76. The number of anilines is 1. The van der Waals surface area contributed by atoms with Crippen molar-refractivity contribution in [2.75, 3.05) is 24.5 Å². The third-order valence-corrected chi connectivity index (χ3v) is 3.67. The van der Waals surface area contributed by atoms with Gasteiger partial charge in [0.05, 0.1) is 0 Å². The molecule has 4 heteroatoms. The maximum Gasteiger partial charge on any atom is 0.323 e. The minimum Gasteiger partial charge on any atom is -0.480 e. The highest BCUT2D eigenvalue weighted by Crippen LogP contribution is 2.18. The second-order valence-corrected chi connectivity index (χ2v) is 5.34. The molecule has 0 saturated carbocycles. The van der Waals surface area contributed by atoms with Gasteiger partial charge >= 0.3 is 5.97 Å². The third kappa shape index (κ3) is 4.23. The molecule has 0 fully saturated rings. The van der Waals surface area contributed by atoms with E-state index in [9.17, 15) is 9.90 Å². The van der Waals surface area contributed by atoms with Crippen LogP contribution in [0.4, 0.5) is 5.69 Å². The summed E-state index contributed by atoms with van der Waals surface area (Å²) < 4.78 is 0. The Morgan fingerprint density at radius 1 is 1.40 bits per heavy atom. The number of benzene rings is 1. The average molecular weight is 278 g/mol. The number of nitrogens with zero attached hydrogens (tertiary/aromatic N) is 1. The molecule has 0 saturated heterocycles. The van der Waals surface area contributed by atoms with Gasteiger partial charge in [0.1, 0.15) is 5.54 Å². The first-order chi connectivity index (χ1) is 9.42. The highest BCUT2D eigenvalue weighted by Gasteiger charge is 2.32. The van der Waals surface area contributed by atoms with Crippen LogP contribution in [0.5, 0.6) is 0 Å². The van der Waals surface area contributed by atoms with E-state index in [1.54, 1.807) is 6.92 Å². The Morgan fingerprint density at radius 2 is 2.10 bits per heavy atom. The molecule has 0 radical (unpaired) electrons. The molecule has 0 aliphatic carbocycles. The fraction of sp³-hybridized carbons (Fsp3) is 0.562. The first-order valence-corrected chi connectivity index (χ1v) is 7.23. The van der Waals surface area contributed by atoms with E-state index in [0.717, 1.165) is 18.8 Å². The van der Waals surface area contributed by atoms with Crippen molar-refractivity contribution in [2.24, 2.45) is 0 Å². The largest absolute Gasteiger partial charge is 0.480 e. The minimum absolute atomic E-state index is 0.567. The van der Waals surface area contributed by atoms with E-state index in [1.165, 1.54) is 5.56 Å². The van der Waals surface area contributed by atoms with Gasteiger partial charge in [-0.2, -0.15) is 0 Å². The number of carboxylic acid groups (broad SMARTS) is 1. The molecule has 0 aliphatic rings. The predicted molar refractivity (Wildman–Crippen MR) is 83.4 cm³/mol.